The van der Waals surface area contributed by atoms with Crippen LogP contribution in [0, 0.1) is 5.92 Å². The van der Waals surface area contributed by atoms with Gasteiger partial charge in [-0.15, -0.1) is 0 Å². The second-order valence-electron chi connectivity index (χ2n) is 4.27. The fourth-order valence-corrected chi connectivity index (χ4v) is 2.20. The first-order valence-electron chi connectivity index (χ1n) is 6.17. The molecule has 0 saturated heterocycles. The fraction of sp³-hybridized carbons (Fsp3) is 0.571. The molecule has 2 heteroatoms. The molecule has 0 aliphatic heterocycles. The van der Waals surface area contributed by atoms with Crippen LogP contribution in [0.1, 0.15) is 25.8 Å². The van der Waals surface area contributed by atoms with Crippen LogP contribution in [0.5, 0.6) is 0 Å². The maximum absolute atomic E-state index is 4.41. The van der Waals surface area contributed by atoms with Gasteiger partial charge in [0.2, 0.25) is 0 Å². The van der Waals surface area contributed by atoms with E-state index in [1.165, 1.54) is 12.0 Å². The lowest BCUT2D eigenvalue weighted by molar-refractivity contribution is 0.240. The van der Waals surface area contributed by atoms with Crippen LogP contribution < -0.4 is 0 Å². The molecule has 0 amide bonds. The van der Waals surface area contributed by atoms with Crippen LogP contribution in [0.25, 0.3) is 0 Å². The van der Waals surface area contributed by atoms with Crippen molar-refractivity contribution in [2.75, 3.05) is 18.8 Å². The Bertz CT molecular complexity index is 269. The molecule has 0 N–H and O–H groups in total. The molecule has 0 aliphatic rings. The third kappa shape index (κ3) is 4.58. The highest BCUT2D eigenvalue weighted by Gasteiger charge is 2.10. The van der Waals surface area contributed by atoms with Gasteiger partial charge >= 0.3 is 0 Å². The lowest BCUT2D eigenvalue weighted by Gasteiger charge is -2.25. The van der Waals surface area contributed by atoms with Gasteiger partial charge in [-0.2, -0.15) is 12.6 Å². The summed E-state index contributed by atoms with van der Waals surface area (Å²) in [5.74, 6) is 1.70. The zero-order valence-electron chi connectivity index (χ0n) is 10.4. The highest BCUT2D eigenvalue weighted by molar-refractivity contribution is 7.80. The summed E-state index contributed by atoms with van der Waals surface area (Å²) in [6.07, 6.45) is 1.22. The second kappa shape index (κ2) is 7.75. The molecule has 1 rings (SSSR count). The number of thiol groups is 1. The van der Waals surface area contributed by atoms with Gasteiger partial charge < -0.3 is 0 Å². The van der Waals surface area contributed by atoms with E-state index >= 15 is 0 Å². The number of benzene rings is 1. The predicted octanol–water partition coefficient (Wildman–Crippen LogP) is 3.46. The molecule has 1 aromatic rings. The van der Waals surface area contributed by atoms with Crippen molar-refractivity contribution in [3.05, 3.63) is 35.9 Å². The number of rotatable bonds is 7. The van der Waals surface area contributed by atoms with Crippen molar-refractivity contribution in [3.8, 4) is 0 Å². The Labute approximate surface area is 105 Å². The average molecular weight is 237 g/mol. The van der Waals surface area contributed by atoms with Gasteiger partial charge in [-0.05, 0) is 23.8 Å². The highest BCUT2D eigenvalue weighted by atomic mass is 32.1. The Kier molecular flexibility index (Phi) is 6.58. The molecule has 1 nitrogen and oxygen atoms in total. The maximum Gasteiger partial charge on any atom is 0.0233 e. The van der Waals surface area contributed by atoms with Crippen molar-refractivity contribution >= 4 is 12.6 Å². The van der Waals surface area contributed by atoms with Crippen molar-refractivity contribution in [2.24, 2.45) is 5.92 Å². The van der Waals surface area contributed by atoms with E-state index in [9.17, 15) is 0 Å². The molecule has 1 unspecified atom stereocenters. The van der Waals surface area contributed by atoms with E-state index in [1.807, 2.05) is 0 Å². The quantitative estimate of drug-likeness (QED) is 0.711. The highest BCUT2D eigenvalue weighted by Crippen LogP contribution is 2.11. The van der Waals surface area contributed by atoms with Crippen LogP contribution in [0.2, 0.25) is 0 Å². The summed E-state index contributed by atoms with van der Waals surface area (Å²) in [6.45, 7) is 7.80. The molecule has 0 fully saturated rings. The summed E-state index contributed by atoms with van der Waals surface area (Å²) < 4.78 is 0. The van der Waals surface area contributed by atoms with E-state index in [0.29, 0.717) is 5.92 Å². The van der Waals surface area contributed by atoms with Gasteiger partial charge in [-0.25, -0.2) is 0 Å². The van der Waals surface area contributed by atoms with Crippen molar-refractivity contribution < 1.29 is 0 Å². The maximum atomic E-state index is 4.41. The summed E-state index contributed by atoms with van der Waals surface area (Å²) in [5, 5.41) is 0. The van der Waals surface area contributed by atoms with E-state index < -0.39 is 0 Å². The van der Waals surface area contributed by atoms with Crippen LogP contribution in [0.3, 0.4) is 0 Å². The molecular weight excluding hydrogens is 214 g/mol. The van der Waals surface area contributed by atoms with E-state index in [1.54, 1.807) is 0 Å². The van der Waals surface area contributed by atoms with Gasteiger partial charge in [0.05, 0.1) is 0 Å². The van der Waals surface area contributed by atoms with Gasteiger partial charge in [0.15, 0.2) is 0 Å². The van der Waals surface area contributed by atoms with E-state index in [-0.39, 0.29) is 0 Å². The van der Waals surface area contributed by atoms with Gasteiger partial charge in [0, 0.05) is 13.1 Å². The van der Waals surface area contributed by atoms with Crippen LogP contribution >= 0.6 is 12.6 Å². The normalized spacial score (nSPS) is 13.0. The molecule has 0 bridgehead atoms. The minimum atomic E-state index is 0.715. The summed E-state index contributed by atoms with van der Waals surface area (Å²) in [5.41, 5.74) is 1.40. The minimum Gasteiger partial charge on any atom is -0.299 e. The predicted molar refractivity (Wildman–Crippen MR) is 75.0 cm³/mol. The number of nitrogens with zero attached hydrogens (tertiary/aromatic N) is 1. The smallest absolute Gasteiger partial charge is 0.0233 e. The van der Waals surface area contributed by atoms with Gasteiger partial charge in [-0.1, -0.05) is 50.6 Å². The van der Waals surface area contributed by atoms with E-state index in [2.05, 4.69) is 61.7 Å². The Morgan fingerprint density at radius 1 is 1.19 bits per heavy atom. The van der Waals surface area contributed by atoms with E-state index in [0.717, 1.165) is 25.4 Å². The molecule has 0 aliphatic carbocycles. The molecule has 16 heavy (non-hydrogen) atoms. The van der Waals surface area contributed by atoms with Crippen molar-refractivity contribution in [1.82, 2.24) is 4.90 Å². The van der Waals surface area contributed by atoms with E-state index in [4.69, 9.17) is 0 Å². The van der Waals surface area contributed by atoms with Gasteiger partial charge in [0.1, 0.15) is 0 Å². The molecule has 90 valence electrons. The van der Waals surface area contributed by atoms with Crippen LogP contribution in [-0.2, 0) is 6.54 Å². The molecule has 1 aromatic carbocycles. The molecule has 0 radical (unpaired) electrons. The molecule has 0 saturated carbocycles. The van der Waals surface area contributed by atoms with Crippen LogP contribution in [0.15, 0.2) is 30.3 Å². The lowest BCUT2D eigenvalue weighted by atomic mass is 10.1. The second-order valence-corrected chi connectivity index (χ2v) is 4.64. The Morgan fingerprint density at radius 2 is 1.88 bits per heavy atom. The monoisotopic (exact) mass is 237 g/mol. The summed E-state index contributed by atoms with van der Waals surface area (Å²) in [4.78, 5) is 2.50. The Balaban J connectivity index is 2.49. The molecule has 0 spiro atoms. The van der Waals surface area contributed by atoms with Crippen molar-refractivity contribution in [3.63, 3.8) is 0 Å². The van der Waals surface area contributed by atoms with Crippen molar-refractivity contribution in [2.45, 2.75) is 26.8 Å². The van der Waals surface area contributed by atoms with Crippen LogP contribution in [-0.4, -0.2) is 23.7 Å². The largest absolute Gasteiger partial charge is 0.299 e. The molecule has 1 atom stereocenters. The third-order valence-electron chi connectivity index (χ3n) is 3.05. The first-order chi connectivity index (χ1) is 7.80. The Hall–Kier alpha value is -0.470. The average Bonchev–Trinajstić information content (AvgIpc) is 2.35. The standard InChI is InChI=1S/C14H23NS/c1-3-13(12-16)10-15(4-2)11-14-8-6-5-7-9-14/h5-9,13,16H,3-4,10-12H2,1-2H3. The zero-order chi connectivity index (χ0) is 11.8. The third-order valence-corrected chi connectivity index (χ3v) is 3.56. The fourth-order valence-electron chi connectivity index (χ4n) is 1.83. The lowest BCUT2D eigenvalue weighted by Crippen LogP contribution is -2.29. The minimum absolute atomic E-state index is 0.715. The van der Waals surface area contributed by atoms with Gasteiger partial charge in [-0.3, -0.25) is 4.90 Å². The SMILES string of the molecule is CCC(CS)CN(CC)Cc1ccccc1. The topological polar surface area (TPSA) is 3.24 Å². The summed E-state index contributed by atoms with van der Waals surface area (Å²) in [6, 6.07) is 10.7. The molecule has 0 heterocycles. The van der Waals surface area contributed by atoms with Crippen molar-refractivity contribution in [1.29, 1.82) is 0 Å². The Morgan fingerprint density at radius 3 is 2.38 bits per heavy atom. The van der Waals surface area contributed by atoms with Gasteiger partial charge in [0.25, 0.3) is 0 Å². The first-order valence-corrected chi connectivity index (χ1v) is 6.80. The molecule has 0 aromatic heterocycles. The molecular formula is C14H23NS. The number of hydrogen-bond acceptors (Lipinski definition) is 2. The van der Waals surface area contributed by atoms with Crippen LogP contribution in [0.4, 0.5) is 0 Å². The summed E-state index contributed by atoms with van der Waals surface area (Å²) in [7, 11) is 0. The number of hydrogen-bond donors (Lipinski definition) is 1. The zero-order valence-corrected chi connectivity index (χ0v) is 11.3. The summed E-state index contributed by atoms with van der Waals surface area (Å²) >= 11 is 4.41. The first kappa shape index (κ1) is 13.6.